The van der Waals surface area contributed by atoms with Gasteiger partial charge in [-0.15, -0.1) is 0 Å². The van der Waals surface area contributed by atoms with Crippen LogP contribution in [-0.2, 0) is 9.59 Å². The van der Waals surface area contributed by atoms with Crippen LogP contribution in [0.15, 0.2) is 42.5 Å². The fourth-order valence-corrected chi connectivity index (χ4v) is 4.56. The largest absolute Gasteiger partial charge is 0.325 e. The van der Waals surface area contributed by atoms with Crippen LogP contribution in [0.25, 0.3) is 10.8 Å². The van der Waals surface area contributed by atoms with Crippen molar-refractivity contribution in [3.05, 3.63) is 42.5 Å². The quantitative estimate of drug-likeness (QED) is 0.806. The van der Waals surface area contributed by atoms with Crippen molar-refractivity contribution < 1.29 is 14.4 Å². The molecule has 6 heteroatoms. The predicted molar refractivity (Wildman–Crippen MR) is 113 cm³/mol. The van der Waals surface area contributed by atoms with Gasteiger partial charge in [-0.1, -0.05) is 43.3 Å². The van der Waals surface area contributed by atoms with Crippen LogP contribution in [0.1, 0.15) is 39.5 Å². The van der Waals surface area contributed by atoms with Crippen molar-refractivity contribution in [2.24, 2.45) is 5.92 Å². The number of anilines is 1. The predicted octanol–water partition coefficient (Wildman–Crippen LogP) is 3.69. The first kappa shape index (κ1) is 19.4. The highest BCUT2D eigenvalue weighted by Crippen LogP contribution is 2.36. The van der Waals surface area contributed by atoms with E-state index in [4.69, 9.17) is 0 Å². The molecule has 1 aliphatic carbocycles. The summed E-state index contributed by atoms with van der Waals surface area (Å²) in [6.45, 7) is 4.28. The lowest BCUT2D eigenvalue weighted by atomic mass is 9.77. The molecule has 152 valence electrons. The third kappa shape index (κ3) is 3.37. The number of carbonyl (C=O) groups excluding carboxylic acids is 3. The highest BCUT2D eigenvalue weighted by Gasteiger charge is 2.52. The second kappa shape index (κ2) is 7.50. The van der Waals surface area contributed by atoms with Crippen molar-refractivity contribution in [2.75, 3.05) is 18.0 Å². The van der Waals surface area contributed by atoms with E-state index < -0.39 is 11.6 Å². The molecular weight excluding hydrogens is 366 g/mol. The summed E-state index contributed by atoms with van der Waals surface area (Å²) < 4.78 is 0. The third-order valence-corrected chi connectivity index (χ3v) is 6.34. The number of rotatable bonds is 4. The van der Waals surface area contributed by atoms with Gasteiger partial charge in [0.25, 0.3) is 5.91 Å². The van der Waals surface area contributed by atoms with Crippen LogP contribution in [0.2, 0.25) is 0 Å². The zero-order valence-corrected chi connectivity index (χ0v) is 17.0. The summed E-state index contributed by atoms with van der Waals surface area (Å²) in [6.07, 6.45) is 3.10. The SMILES string of the molecule is CCN(C(=O)CN1C(=O)NC2(CCC(C)CC2)C1=O)c1cccc2ccccc12. The molecule has 0 bridgehead atoms. The second-order valence-electron chi connectivity index (χ2n) is 8.22. The monoisotopic (exact) mass is 393 g/mol. The number of imide groups is 1. The van der Waals surface area contributed by atoms with E-state index in [2.05, 4.69) is 12.2 Å². The molecule has 1 N–H and O–H groups in total. The second-order valence-corrected chi connectivity index (χ2v) is 8.22. The number of nitrogens with zero attached hydrogens (tertiary/aromatic N) is 2. The van der Waals surface area contributed by atoms with Gasteiger partial charge in [-0.3, -0.25) is 14.5 Å². The maximum atomic E-state index is 13.1. The first-order chi connectivity index (χ1) is 13.9. The Morgan fingerprint density at radius 2 is 1.83 bits per heavy atom. The lowest BCUT2D eigenvalue weighted by molar-refractivity contribution is -0.135. The smallest absolute Gasteiger partial charge is 0.323 e. The molecule has 2 aromatic rings. The van der Waals surface area contributed by atoms with Crippen LogP contribution in [0.5, 0.6) is 0 Å². The maximum absolute atomic E-state index is 13.1. The lowest BCUT2D eigenvalue weighted by Crippen LogP contribution is -2.50. The van der Waals surface area contributed by atoms with Gasteiger partial charge in [-0.2, -0.15) is 0 Å². The fraction of sp³-hybridized carbons (Fsp3) is 0.435. The Hall–Kier alpha value is -2.89. The average Bonchev–Trinajstić information content (AvgIpc) is 2.95. The number of hydrogen-bond acceptors (Lipinski definition) is 3. The van der Waals surface area contributed by atoms with Gasteiger partial charge in [0.05, 0.1) is 5.69 Å². The Kier molecular flexibility index (Phi) is 5.03. The van der Waals surface area contributed by atoms with Crippen LogP contribution >= 0.6 is 0 Å². The van der Waals surface area contributed by atoms with Crippen LogP contribution in [0.3, 0.4) is 0 Å². The van der Waals surface area contributed by atoms with E-state index in [1.54, 1.807) is 4.90 Å². The van der Waals surface area contributed by atoms with Crippen LogP contribution in [0, 0.1) is 5.92 Å². The number of benzene rings is 2. The third-order valence-electron chi connectivity index (χ3n) is 6.34. The van der Waals surface area contributed by atoms with Crippen molar-refractivity contribution >= 4 is 34.3 Å². The molecule has 6 nitrogen and oxygen atoms in total. The molecule has 1 spiro atoms. The molecule has 0 radical (unpaired) electrons. The molecule has 29 heavy (non-hydrogen) atoms. The number of hydrogen-bond donors (Lipinski definition) is 1. The first-order valence-corrected chi connectivity index (χ1v) is 10.4. The van der Waals surface area contributed by atoms with Crippen molar-refractivity contribution in [2.45, 2.75) is 45.1 Å². The Morgan fingerprint density at radius 1 is 1.14 bits per heavy atom. The highest BCUT2D eigenvalue weighted by molar-refractivity contribution is 6.11. The van der Waals surface area contributed by atoms with Gasteiger partial charge in [0.1, 0.15) is 12.1 Å². The molecule has 4 amide bonds. The molecule has 1 saturated heterocycles. The van der Waals surface area contributed by atoms with Crippen molar-refractivity contribution in [3.63, 3.8) is 0 Å². The first-order valence-electron chi connectivity index (χ1n) is 10.4. The molecule has 0 atom stereocenters. The lowest BCUT2D eigenvalue weighted by Gasteiger charge is -2.33. The number of carbonyl (C=O) groups is 3. The average molecular weight is 393 g/mol. The highest BCUT2D eigenvalue weighted by atomic mass is 16.2. The van der Waals surface area contributed by atoms with E-state index in [1.807, 2.05) is 49.4 Å². The van der Waals surface area contributed by atoms with Gasteiger partial charge in [-0.25, -0.2) is 4.79 Å². The van der Waals surface area contributed by atoms with E-state index in [0.29, 0.717) is 25.3 Å². The minimum Gasteiger partial charge on any atom is -0.323 e. The Bertz CT molecular complexity index is 957. The van der Waals surface area contributed by atoms with Gasteiger partial charge in [-0.05, 0) is 50.0 Å². The Labute approximate surface area is 170 Å². The number of nitrogens with one attached hydrogen (secondary N) is 1. The zero-order chi connectivity index (χ0) is 20.6. The standard InChI is InChI=1S/C23H27N3O3/c1-3-25(19-10-6-8-17-7-4-5-9-18(17)19)20(27)15-26-21(28)23(24-22(26)29)13-11-16(2)12-14-23/h4-10,16H,3,11-15H2,1-2H3,(H,24,29). The van der Waals surface area contributed by atoms with Gasteiger partial charge in [0.2, 0.25) is 5.91 Å². The van der Waals surface area contributed by atoms with Crippen molar-refractivity contribution in [1.82, 2.24) is 10.2 Å². The summed E-state index contributed by atoms with van der Waals surface area (Å²) in [5, 5.41) is 4.90. The Morgan fingerprint density at radius 3 is 2.55 bits per heavy atom. The molecule has 1 heterocycles. The van der Waals surface area contributed by atoms with E-state index >= 15 is 0 Å². The number of likely N-dealkylation sites (N-methyl/N-ethyl adjacent to an activating group) is 1. The minimum absolute atomic E-state index is 0.237. The summed E-state index contributed by atoms with van der Waals surface area (Å²) in [5.74, 6) is 0.0493. The van der Waals surface area contributed by atoms with Gasteiger partial charge >= 0.3 is 6.03 Å². The molecule has 2 aromatic carbocycles. The number of fused-ring (bicyclic) bond motifs is 1. The zero-order valence-electron chi connectivity index (χ0n) is 17.0. The van der Waals surface area contributed by atoms with E-state index in [9.17, 15) is 14.4 Å². The molecule has 2 fully saturated rings. The molecule has 0 aromatic heterocycles. The van der Waals surface area contributed by atoms with Gasteiger partial charge in [0, 0.05) is 11.9 Å². The molecule has 1 aliphatic heterocycles. The van der Waals surface area contributed by atoms with Gasteiger partial charge < -0.3 is 10.2 Å². The fourth-order valence-electron chi connectivity index (χ4n) is 4.56. The summed E-state index contributed by atoms with van der Waals surface area (Å²) in [5.41, 5.74) is -0.0238. The summed E-state index contributed by atoms with van der Waals surface area (Å²) >= 11 is 0. The Balaban J connectivity index is 1.56. The van der Waals surface area contributed by atoms with Crippen LogP contribution in [0.4, 0.5) is 10.5 Å². The van der Waals surface area contributed by atoms with Crippen molar-refractivity contribution in [3.8, 4) is 0 Å². The van der Waals surface area contributed by atoms with Gasteiger partial charge in [0.15, 0.2) is 0 Å². The van der Waals surface area contributed by atoms with E-state index in [1.165, 1.54) is 0 Å². The molecule has 1 saturated carbocycles. The normalized spacial score (nSPS) is 24.2. The van der Waals surface area contributed by atoms with Crippen LogP contribution < -0.4 is 10.2 Å². The summed E-state index contributed by atoms with van der Waals surface area (Å²) in [4.78, 5) is 41.5. The van der Waals surface area contributed by atoms with Crippen LogP contribution in [-0.4, -0.2) is 41.4 Å². The number of amides is 4. The summed E-state index contributed by atoms with van der Waals surface area (Å²) in [6, 6.07) is 13.3. The van der Waals surface area contributed by atoms with Crippen molar-refractivity contribution in [1.29, 1.82) is 0 Å². The maximum Gasteiger partial charge on any atom is 0.325 e. The topological polar surface area (TPSA) is 69.7 Å². The number of urea groups is 1. The molecule has 4 rings (SSSR count). The minimum atomic E-state index is -0.819. The van der Waals surface area contributed by atoms with E-state index in [0.717, 1.165) is 34.2 Å². The molecular formula is C23H27N3O3. The summed E-state index contributed by atoms with van der Waals surface area (Å²) in [7, 11) is 0. The molecule has 0 unspecified atom stereocenters. The van der Waals surface area contributed by atoms with E-state index in [-0.39, 0.29) is 18.4 Å². The molecule has 2 aliphatic rings.